The SMILES string of the molecule is Cc1cc(C(O)c2ccn[nH]2)c(C)s1. The Morgan fingerprint density at radius 1 is 1.50 bits per heavy atom. The number of nitrogens with one attached hydrogen (secondary N) is 1. The van der Waals surface area contributed by atoms with E-state index >= 15 is 0 Å². The summed E-state index contributed by atoms with van der Waals surface area (Å²) in [7, 11) is 0. The number of aliphatic hydroxyl groups is 1. The summed E-state index contributed by atoms with van der Waals surface area (Å²) in [6, 6.07) is 3.81. The van der Waals surface area contributed by atoms with Gasteiger partial charge in [0.05, 0.1) is 5.69 Å². The van der Waals surface area contributed by atoms with E-state index in [9.17, 15) is 5.11 Å². The fraction of sp³-hybridized carbons (Fsp3) is 0.300. The van der Waals surface area contributed by atoms with Crippen molar-refractivity contribution in [3.8, 4) is 0 Å². The minimum atomic E-state index is -0.581. The molecule has 2 rings (SSSR count). The third kappa shape index (κ3) is 1.58. The zero-order valence-electron chi connectivity index (χ0n) is 8.11. The Balaban J connectivity index is 2.36. The van der Waals surface area contributed by atoms with Crippen molar-refractivity contribution in [1.29, 1.82) is 0 Å². The predicted molar refractivity (Wildman–Crippen MR) is 56.4 cm³/mol. The van der Waals surface area contributed by atoms with Crippen molar-refractivity contribution < 1.29 is 5.11 Å². The number of aliphatic hydroxyl groups excluding tert-OH is 1. The predicted octanol–water partition coefficient (Wildman–Crippen LogP) is 2.17. The maximum atomic E-state index is 10.0. The summed E-state index contributed by atoms with van der Waals surface area (Å²) >= 11 is 1.70. The highest BCUT2D eigenvalue weighted by atomic mass is 32.1. The number of nitrogens with zero attached hydrogens (tertiary/aromatic N) is 1. The van der Waals surface area contributed by atoms with E-state index in [1.807, 2.05) is 19.9 Å². The quantitative estimate of drug-likeness (QED) is 0.794. The molecule has 0 fully saturated rings. The molecule has 0 aliphatic rings. The standard InChI is InChI=1S/C10H12N2OS/c1-6-5-8(7(2)14-6)10(13)9-3-4-11-12-9/h3-5,10,13H,1-2H3,(H,11,12). The monoisotopic (exact) mass is 208 g/mol. The fourth-order valence-corrected chi connectivity index (χ4v) is 2.47. The molecule has 74 valence electrons. The first kappa shape index (κ1) is 9.43. The van der Waals surface area contributed by atoms with Crippen LogP contribution in [0.5, 0.6) is 0 Å². The Morgan fingerprint density at radius 3 is 2.79 bits per heavy atom. The van der Waals surface area contributed by atoms with Crippen LogP contribution in [-0.2, 0) is 0 Å². The molecule has 0 spiro atoms. The summed E-state index contributed by atoms with van der Waals surface area (Å²) in [6.45, 7) is 4.06. The van der Waals surface area contributed by atoms with E-state index in [1.54, 1.807) is 23.6 Å². The van der Waals surface area contributed by atoms with Gasteiger partial charge in [-0.1, -0.05) is 0 Å². The average molecular weight is 208 g/mol. The summed E-state index contributed by atoms with van der Waals surface area (Å²) in [6.07, 6.45) is 1.06. The van der Waals surface area contributed by atoms with Gasteiger partial charge in [0, 0.05) is 21.5 Å². The molecule has 0 radical (unpaired) electrons. The van der Waals surface area contributed by atoms with E-state index in [-0.39, 0.29) is 0 Å². The molecule has 14 heavy (non-hydrogen) atoms. The Morgan fingerprint density at radius 2 is 2.29 bits per heavy atom. The van der Waals surface area contributed by atoms with Crippen LogP contribution < -0.4 is 0 Å². The van der Waals surface area contributed by atoms with Crippen molar-refractivity contribution in [2.75, 3.05) is 0 Å². The molecule has 1 unspecified atom stereocenters. The molecule has 1 atom stereocenters. The molecular formula is C10H12N2OS. The van der Waals surface area contributed by atoms with Gasteiger partial charge in [-0.05, 0) is 26.0 Å². The third-order valence-electron chi connectivity index (χ3n) is 2.19. The van der Waals surface area contributed by atoms with E-state index in [1.165, 1.54) is 4.88 Å². The average Bonchev–Trinajstić information content (AvgIpc) is 2.73. The van der Waals surface area contributed by atoms with Crippen LogP contribution in [0, 0.1) is 13.8 Å². The third-order valence-corrected chi connectivity index (χ3v) is 3.17. The lowest BCUT2D eigenvalue weighted by molar-refractivity contribution is 0.215. The highest BCUT2D eigenvalue weighted by molar-refractivity contribution is 7.12. The number of hydrogen-bond acceptors (Lipinski definition) is 3. The van der Waals surface area contributed by atoms with Gasteiger partial charge in [0.2, 0.25) is 0 Å². The van der Waals surface area contributed by atoms with Crippen LogP contribution in [0.1, 0.15) is 27.1 Å². The van der Waals surface area contributed by atoms with Crippen molar-refractivity contribution in [2.45, 2.75) is 20.0 Å². The Labute approximate surface area is 86.4 Å². The first-order valence-corrected chi connectivity index (χ1v) is 5.24. The first-order chi connectivity index (χ1) is 6.68. The minimum Gasteiger partial charge on any atom is -0.382 e. The molecule has 0 amide bonds. The van der Waals surface area contributed by atoms with Gasteiger partial charge in [0.1, 0.15) is 6.10 Å². The second-order valence-electron chi connectivity index (χ2n) is 3.28. The van der Waals surface area contributed by atoms with Crippen LogP contribution in [0.2, 0.25) is 0 Å². The topological polar surface area (TPSA) is 48.9 Å². The molecule has 3 nitrogen and oxygen atoms in total. The summed E-state index contributed by atoms with van der Waals surface area (Å²) in [4.78, 5) is 2.38. The van der Waals surface area contributed by atoms with Crippen molar-refractivity contribution in [2.24, 2.45) is 0 Å². The molecule has 2 aromatic heterocycles. The molecule has 4 heteroatoms. The number of thiophene rings is 1. The summed E-state index contributed by atoms with van der Waals surface area (Å²) < 4.78 is 0. The lowest BCUT2D eigenvalue weighted by atomic mass is 10.1. The summed E-state index contributed by atoms with van der Waals surface area (Å²) in [5.41, 5.74) is 1.71. The van der Waals surface area contributed by atoms with E-state index in [2.05, 4.69) is 10.2 Å². The van der Waals surface area contributed by atoms with Crippen molar-refractivity contribution in [3.05, 3.63) is 39.3 Å². The first-order valence-electron chi connectivity index (χ1n) is 4.42. The second-order valence-corrected chi connectivity index (χ2v) is 4.74. The second kappa shape index (κ2) is 3.55. The largest absolute Gasteiger partial charge is 0.382 e. The van der Waals surface area contributed by atoms with Crippen LogP contribution in [-0.4, -0.2) is 15.3 Å². The van der Waals surface area contributed by atoms with Crippen molar-refractivity contribution in [3.63, 3.8) is 0 Å². The number of H-pyrrole nitrogens is 1. The Bertz CT molecular complexity index is 419. The van der Waals surface area contributed by atoms with Crippen LogP contribution in [0.15, 0.2) is 18.3 Å². The molecule has 2 aromatic rings. The van der Waals surface area contributed by atoms with Crippen LogP contribution in [0.3, 0.4) is 0 Å². The molecular weight excluding hydrogens is 196 g/mol. The van der Waals surface area contributed by atoms with Crippen molar-refractivity contribution >= 4 is 11.3 Å². The van der Waals surface area contributed by atoms with E-state index in [4.69, 9.17) is 0 Å². The lowest BCUT2D eigenvalue weighted by Gasteiger charge is -2.07. The summed E-state index contributed by atoms with van der Waals surface area (Å²) in [5, 5.41) is 16.6. The van der Waals surface area contributed by atoms with Crippen molar-refractivity contribution in [1.82, 2.24) is 10.2 Å². The number of hydrogen-bond donors (Lipinski definition) is 2. The van der Waals surface area contributed by atoms with Crippen LogP contribution >= 0.6 is 11.3 Å². The molecule has 0 aromatic carbocycles. The minimum absolute atomic E-state index is 0.581. The number of aromatic nitrogens is 2. The zero-order valence-corrected chi connectivity index (χ0v) is 8.93. The van der Waals surface area contributed by atoms with Crippen LogP contribution in [0.25, 0.3) is 0 Å². The molecule has 2 N–H and O–H groups in total. The highest BCUT2D eigenvalue weighted by Gasteiger charge is 2.15. The van der Waals surface area contributed by atoms with E-state index in [0.717, 1.165) is 16.1 Å². The zero-order chi connectivity index (χ0) is 10.1. The number of aromatic amines is 1. The molecule has 0 saturated carbocycles. The van der Waals surface area contributed by atoms with E-state index < -0.39 is 6.10 Å². The van der Waals surface area contributed by atoms with Gasteiger partial charge >= 0.3 is 0 Å². The van der Waals surface area contributed by atoms with Gasteiger partial charge in [-0.15, -0.1) is 11.3 Å². The normalized spacial score (nSPS) is 13.1. The number of rotatable bonds is 2. The van der Waals surface area contributed by atoms with Gasteiger partial charge in [-0.3, -0.25) is 5.10 Å². The molecule has 2 heterocycles. The highest BCUT2D eigenvalue weighted by Crippen LogP contribution is 2.29. The maximum absolute atomic E-state index is 10.0. The maximum Gasteiger partial charge on any atom is 0.121 e. The van der Waals surface area contributed by atoms with Gasteiger partial charge in [0.15, 0.2) is 0 Å². The Kier molecular flexibility index (Phi) is 2.39. The summed E-state index contributed by atoms with van der Waals surface area (Å²) in [5.74, 6) is 0. The molecule has 0 saturated heterocycles. The van der Waals surface area contributed by atoms with Gasteiger partial charge in [0.25, 0.3) is 0 Å². The smallest absolute Gasteiger partial charge is 0.121 e. The number of aryl methyl sites for hydroxylation is 2. The Hall–Kier alpha value is -1.13. The van der Waals surface area contributed by atoms with Gasteiger partial charge < -0.3 is 5.11 Å². The van der Waals surface area contributed by atoms with Gasteiger partial charge in [-0.2, -0.15) is 5.10 Å². The lowest BCUT2D eigenvalue weighted by Crippen LogP contribution is -1.99. The van der Waals surface area contributed by atoms with Crippen LogP contribution in [0.4, 0.5) is 0 Å². The van der Waals surface area contributed by atoms with Gasteiger partial charge in [-0.25, -0.2) is 0 Å². The molecule has 0 aliphatic carbocycles. The molecule has 0 bridgehead atoms. The molecule has 0 aliphatic heterocycles. The fourth-order valence-electron chi connectivity index (χ4n) is 1.51. The van der Waals surface area contributed by atoms with E-state index in [0.29, 0.717) is 0 Å².